The van der Waals surface area contributed by atoms with Gasteiger partial charge >= 0.3 is 0 Å². The molecule has 1 fully saturated rings. The summed E-state index contributed by atoms with van der Waals surface area (Å²) >= 11 is 9.62. The Morgan fingerprint density at radius 3 is 2.62 bits per heavy atom. The van der Waals surface area contributed by atoms with Crippen molar-refractivity contribution >= 4 is 27.5 Å². The highest BCUT2D eigenvalue weighted by atomic mass is 79.9. The standard InChI is InChI=1S/C17H21BrClNO/c1-17(2,3)12-5-4-11(10-20)16(8-12)21-15-7-6-13(18)9-14(15)19/h6-7,9,11-12,16H,4-5,8H2,1-3H3. The average Bonchev–Trinajstić information content (AvgIpc) is 2.41. The lowest BCUT2D eigenvalue weighted by molar-refractivity contribution is 0.0494. The van der Waals surface area contributed by atoms with Crippen molar-refractivity contribution in [3.63, 3.8) is 0 Å². The van der Waals surface area contributed by atoms with Gasteiger partial charge in [0, 0.05) is 4.47 Å². The van der Waals surface area contributed by atoms with Crippen LogP contribution in [0, 0.1) is 28.6 Å². The predicted octanol–water partition coefficient (Wildman–Crippen LogP) is 5.84. The smallest absolute Gasteiger partial charge is 0.138 e. The van der Waals surface area contributed by atoms with Crippen LogP contribution in [0.3, 0.4) is 0 Å². The van der Waals surface area contributed by atoms with Gasteiger partial charge in [0.15, 0.2) is 0 Å². The second kappa shape index (κ2) is 6.58. The van der Waals surface area contributed by atoms with Crippen molar-refractivity contribution in [2.24, 2.45) is 17.3 Å². The van der Waals surface area contributed by atoms with Gasteiger partial charge < -0.3 is 4.74 Å². The number of halogens is 2. The summed E-state index contributed by atoms with van der Waals surface area (Å²) in [6.07, 6.45) is 2.83. The summed E-state index contributed by atoms with van der Waals surface area (Å²) in [5.74, 6) is 1.18. The summed E-state index contributed by atoms with van der Waals surface area (Å²) in [5, 5.41) is 9.95. The van der Waals surface area contributed by atoms with Gasteiger partial charge in [0.1, 0.15) is 11.9 Å². The molecule has 114 valence electrons. The fourth-order valence-corrected chi connectivity index (χ4v) is 3.65. The molecule has 0 N–H and O–H groups in total. The lowest BCUT2D eigenvalue weighted by Crippen LogP contribution is -2.37. The first-order valence-electron chi connectivity index (χ1n) is 7.32. The second-order valence-corrected chi connectivity index (χ2v) is 8.17. The molecule has 0 saturated heterocycles. The zero-order valence-corrected chi connectivity index (χ0v) is 15.0. The molecule has 0 aliphatic heterocycles. The number of rotatable bonds is 2. The Morgan fingerprint density at radius 2 is 2.05 bits per heavy atom. The molecule has 1 aromatic carbocycles. The van der Waals surface area contributed by atoms with Crippen LogP contribution in [-0.2, 0) is 0 Å². The largest absolute Gasteiger partial charge is 0.487 e. The summed E-state index contributed by atoms with van der Waals surface area (Å²) in [6, 6.07) is 7.99. The minimum Gasteiger partial charge on any atom is -0.487 e. The molecule has 0 radical (unpaired) electrons. The minimum atomic E-state index is -0.0772. The molecule has 2 nitrogen and oxygen atoms in total. The molecule has 3 atom stereocenters. The summed E-state index contributed by atoms with van der Waals surface area (Å²) < 4.78 is 7.02. The molecule has 1 aliphatic rings. The number of nitriles is 1. The summed E-state index contributed by atoms with van der Waals surface area (Å²) in [4.78, 5) is 0. The van der Waals surface area contributed by atoms with Gasteiger partial charge in [0.05, 0.1) is 17.0 Å². The van der Waals surface area contributed by atoms with E-state index < -0.39 is 0 Å². The zero-order chi connectivity index (χ0) is 15.6. The van der Waals surface area contributed by atoms with Crippen LogP contribution in [0.4, 0.5) is 0 Å². The minimum absolute atomic E-state index is 0.0525. The van der Waals surface area contributed by atoms with Crippen LogP contribution >= 0.6 is 27.5 Å². The third-order valence-corrected chi connectivity index (χ3v) is 5.14. The van der Waals surface area contributed by atoms with Crippen LogP contribution in [0.15, 0.2) is 22.7 Å². The summed E-state index contributed by atoms with van der Waals surface area (Å²) in [7, 11) is 0. The predicted molar refractivity (Wildman–Crippen MR) is 89.5 cm³/mol. The Kier molecular flexibility index (Phi) is 5.22. The van der Waals surface area contributed by atoms with Gasteiger partial charge in [-0.15, -0.1) is 0 Å². The first kappa shape index (κ1) is 16.6. The molecule has 0 amide bonds. The van der Waals surface area contributed by atoms with E-state index in [4.69, 9.17) is 16.3 Å². The SMILES string of the molecule is CC(C)(C)C1CCC(C#N)C(Oc2ccc(Br)cc2Cl)C1. The first-order valence-corrected chi connectivity index (χ1v) is 8.49. The molecule has 3 unspecified atom stereocenters. The van der Waals surface area contributed by atoms with Crippen molar-refractivity contribution in [2.45, 2.75) is 46.1 Å². The van der Waals surface area contributed by atoms with Gasteiger partial charge in [-0.05, 0) is 48.8 Å². The van der Waals surface area contributed by atoms with E-state index in [1.165, 1.54) is 0 Å². The number of hydrogen-bond acceptors (Lipinski definition) is 2. The van der Waals surface area contributed by atoms with Gasteiger partial charge in [0.25, 0.3) is 0 Å². The van der Waals surface area contributed by atoms with Gasteiger partial charge in [-0.25, -0.2) is 0 Å². The maximum atomic E-state index is 9.37. The Morgan fingerprint density at radius 1 is 1.33 bits per heavy atom. The third-order valence-electron chi connectivity index (χ3n) is 4.35. The van der Waals surface area contributed by atoms with Gasteiger partial charge in [0.2, 0.25) is 0 Å². The van der Waals surface area contributed by atoms with Crippen LogP contribution in [0.1, 0.15) is 40.0 Å². The van der Waals surface area contributed by atoms with Crippen molar-refractivity contribution in [2.75, 3.05) is 0 Å². The fraction of sp³-hybridized carbons (Fsp3) is 0.588. The number of ether oxygens (including phenoxy) is 1. The second-order valence-electron chi connectivity index (χ2n) is 6.84. The molecule has 0 heterocycles. The highest BCUT2D eigenvalue weighted by Crippen LogP contribution is 2.42. The van der Waals surface area contributed by atoms with Gasteiger partial charge in [-0.2, -0.15) is 5.26 Å². The Bertz CT molecular complexity index is 547. The molecule has 21 heavy (non-hydrogen) atoms. The van der Waals surface area contributed by atoms with E-state index in [1.807, 2.05) is 18.2 Å². The van der Waals surface area contributed by atoms with Crippen LogP contribution < -0.4 is 4.74 Å². The van der Waals surface area contributed by atoms with Crippen LogP contribution in [0.25, 0.3) is 0 Å². The third kappa shape index (κ3) is 4.14. The highest BCUT2D eigenvalue weighted by Gasteiger charge is 2.37. The average molecular weight is 371 g/mol. The lowest BCUT2D eigenvalue weighted by atomic mass is 9.69. The molecule has 0 spiro atoms. The van der Waals surface area contributed by atoms with E-state index in [0.29, 0.717) is 16.7 Å². The first-order chi connectivity index (χ1) is 9.81. The quantitative estimate of drug-likeness (QED) is 0.655. The van der Waals surface area contributed by atoms with Crippen LogP contribution in [-0.4, -0.2) is 6.10 Å². The van der Waals surface area contributed by atoms with Gasteiger partial charge in [-0.3, -0.25) is 0 Å². The van der Waals surface area contributed by atoms with Crippen LogP contribution in [0.2, 0.25) is 5.02 Å². The molecule has 2 rings (SSSR count). The molecule has 1 aliphatic carbocycles. The maximum Gasteiger partial charge on any atom is 0.138 e. The van der Waals surface area contributed by atoms with Crippen molar-refractivity contribution in [3.05, 3.63) is 27.7 Å². The van der Waals surface area contributed by atoms with E-state index in [2.05, 4.69) is 42.8 Å². The normalized spacial score (nSPS) is 26.2. The number of benzene rings is 1. The zero-order valence-electron chi connectivity index (χ0n) is 12.7. The van der Waals surface area contributed by atoms with Crippen molar-refractivity contribution in [1.29, 1.82) is 5.26 Å². The Balaban J connectivity index is 2.16. The monoisotopic (exact) mass is 369 g/mol. The molecule has 1 aromatic rings. The van der Waals surface area contributed by atoms with Gasteiger partial charge in [-0.1, -0.05) is 48.3 Å². The van der Waals surface area contributed by atoms with Crippen molar-refractivity contribution in [1.82, 2.24) is 0 Å². The molecule has 4 heteroatoms. The van der Waals surface area contributed by atoms with E-state index >= 15 is 0 Å². The van der Waals surface area contributed by atoms with Crippen LogP contribution in [0.5, 0.6) is 5.75 Å². The summed E-state index contributed by atoms with van der Waals surface area (Å²) in [5.41, 5.74) is 0.242. The molecule has 1 saturated carbocycles. The maximum absolute atomic E-state index is 9.37. The topological polar surface area (TPSA) is 33.0 Å². The Hall–Kier alpha value is -0.720. The molecular weight excluding hydrogens is 350 g/mol. The lowest BCUT2D eigenvalue weighted by Gasteiger charge is -2.39. The van der Waals surface area contributed by atoms with E-state index in [0.717, 1.165) is 23.7 Å². The van der Waals surface area contributed by atoms with E-state index in [9.17, 15) is 5.26 Å². The Labute approximate surface area is 140 Å². The highest BCUT2D eigenvalue weighted by molar-refractivity contribution is 9.10. The van der Waals surface area contributed by atoms with E-state index in [-0.39, 0.29) is 17.4 Å². The number of nitrogens with zero attached hydrogens (tertiary/aromatic N) is 1. The van der Waals surface area contributed by atoms with E-state index in [1.54, 1.807) is 0 Å². The number of hydrogen-bond donors (Lipinski definition) is 0. The molecular formula is C17H21BrClNO. The fourth-order valence-electron chi connectivity index (χ4n) is 2.93. The molecule has 0 aromatic heterocycles. The van der Waals surface area contributed by atoms with Crippen molar-refractivity contribution < 1.29 is 4.74 Å². The summed E-state index contributed by atoms with van der Waals surface area (Å²) in [6.45, 7) is 6.77. The van der Waals surface area contributed by atoms with Crippen molar-refractivity contribution in [3.8, 4) is 11.8 Å². The molecule has 0 bridgehead atoms.